The summed E-state index contributed by atoms with van der Waals surface area (Å²) in [6.45, 7) is 26.4. The summed E-state index contributed by atoms with van der Waals surface area (Å²) in [7, 11) is 0. The summed E-state index contributed by atoms with van der Waals surface area (Å²) in [5.74, 6) is 0. The Labute approximate surface area is 139 Å². The van der Waals surface area contributed by atoms with E-state index in [0.717, 1.165) is 6.42 Å². The van der Waals surface area contributed by atoms with Gasteiger partial charge in [-0.2, -0.15) is 0 Å². The highest BCUT2D eigenvalue weighted by Gasteiger charge is 2.18. The fourth-order valence-corrected chi connectivity index (χ4v) is 1.74. The second kappa shape index (κ2) is 12.0. The largest absolute Gasteiger partial charge is 0.0990 e. The van der Waals surface area contributed by atoms with E-state index in [1.165, 1.54) is 28.7 Å². The van der Waals surface area contributed by atoms with Crippen molar-refractivity contribution in [1.82, 2.24) is 0 Å². The normalized spacial score (nSPS) is 17.4. The summed E-state index contributed by atoms with van der Waals surface area (Å²) in [6, 6.07) is 0. The minimum Gasteiger partial charge on any atom is -0.0990 e. The molecule has 0 radical (unpaired) electrons. The molecule has 0 unspecified atom stereocenters. The first kappa shape index (κ1) is 22.7. The third kappa shape index (κ3) is 8.02. The van der Waals surface area contributed by atoms with Crippen molar-refractivity contribution in [3.63, 3.8) is 0 Å². The standard InChI is InChI=1S/C14H16.C6H14.C2H6/c1-5-9-14-12(7-3)10-11(6-2)13(14)8-4;1-5-6(2,3)4;1-2/h5-9H,1-2,4,10H2,3H3;5H2,1-4H3;1-2H3/b12-7-,14-9+;;. The van der Waals surface area contributed by atoms with Gasteiger partial charge < -0.3 is 0 Å². The first-order chi connectivity index (χ1) is 10.3. The van der Waals surface area contributed by atoms with Gasteiger partial charge in [0.05, 0.1) is 0 Å². The van der Waals surface area contributed by atoms with Gasteiger partial charge in [0.15, 0.2) is 0 Å². The number of hydrogen-bond donors (Lipinski definition) is 0. The lowest BCUT2D eigenvalue weighted by Crippen LogP contribution is -2.00. The van der Waals surface area contributed by atoms with Crippen molar-refractivity contribution in [3.05, 3.63) is 72.4 Å². The molecule has 1 aliphatic carbocycles. The van der Waals surface area contributed by atoms with Crippen molar-refractivity contribution in [3.8, 4) is 0 Å². The second-order valence-electron chi connectivity index (χ2n) is 6.07. The topological polar surface area (TPSA) is 0 Å². The van der Waals surface area contributed by atoms with Crippen LogP contribution in [0.2, 0.25) is 0 Å². The monoisotopic (exact) mass is 300 g/mol. The molecule has 0 N–H and O–H groups in total. The summed E-state index contributed by atoms with van der Waals surface area (Å²) < 4.78 is 0. The molecule has 0 aromatic heterocycles. The molecule has 0 heterocycles. The fraction of sp³-hybridized carbons (Fsp3) is 0.455. The van der Waals surface area contributed by atoms with Crippen molar-refractivity contribution >= 4 is 0 Å². The highest BCUT2D eigenvalue weighted by Crippen LogP contribution is 2.37. The van der Waals surface area contributed by atoms with Gasteiger partial charge in [0, 0.05) is 0 Å². The van der Waals surface area contributed by atoms with E-state index in [1.54, 1.807) is 0 Å². The number of allylic oxidation sites excluding steroid dienone is 9. The summed E-state index contributed by atoms with van der Waals surface area (Å²) in [5, 5.41) is 0. The van der Waals surface area contributed by atoms with Gasteiger partial charge in [-0.05, 0) is 41.1 Å². The molecule has 0 saturated carbocycles. The Morgan fingerprint density at radius 1 is 1.05 bits per heavy atom. The average molecular weight is 301 g/mol. The van der Waals surface area contributed by atoms with Crippen LogP contribution in [0.1, 0.15) is 61.3 Å². The third-order valence-corrected chi connectivity index (χ3v) is 3.51. The van der Waals surface area contributed by atoms with Gasteiger partial charge in [0.1, 0.15) is 0 Å². The molecule has 1 rings (SSSR count). The minimum atomic E-state index is 0.542. The van der Waals surface area contributed by atoms with Crippen molar-refractivity contribution in [2.75, 3.05) is 0 Å². The second-order valence-corrected chi connectivity index (χ2v) is 6.07. The third-order valence-electron chi connectivity index (χ3n) is 3.51. The van der Waals surface area contributed by atoms with Crippen LogP contribution in [0, 0.1) is 5.41 Å². The van der Waals surface area contributed by atoms with E-state index < -0.39 is 0 Å². The zero-order valence-electron chi connectivity index (χ0n) is 15.9. The van der Waals surface area contributed by atoms with E-state index in [2.05, 4.69) is 60.4 Å². The van der Waals surface area contributed by atoms with Crippen LogP contribution in [-0.2, 0) is 0 Å². The Kier molecular flexibility index (Phi) is 12.4. The Balaban J connectivity index is 0. The van der Waals surface area contributed by atoms with Gasteiger partial charge in [-0.3, -0.25) is 0 Å². The van der Waals surface area contributed by atoms with Crippen LogP contribution in [-0.4, -0.2) is 0 Å². The molecule has 22 heavy (non-hydrogen) atoms. The van der Waals surface area contributed by atoms with Gasteiger partial charge in [-0.1, -0.05) is 98.1 Å². The van der Waals surface area contributed by atoms with Crippen LogP contribution >= 0.6 is 0 Å². The molecule has 0 amide bonds. The lowest BCUT2D eigenvalue weighted by atomic mass is 9.94. The SMILES string of the molecule is C=C/C=C1/C(C=C)=C(C=C)C/C1=C/C.CC.CCC(C)(C)C. The smallest absolute Gasteiger partial charge is 0.00169 e. The summed E-state index contributed by atoms with van der Waals surface area (Å²) in [4.78, 5) is 0. The van der Waals surface area contributed by atoms with E-state index >= 15 is 0 Å². The maximum absolute atomic E-state index is 3.83. The summed E-state index contributed by atoms with van der Waals surface area (Å²) >= 11 is 0. The maximum atomic E-state index is 3.83. The van der Waals surface area contributed by atoms with E-state index in [4.69, 9.17) is 0 Å². The van der Waals surface area contributed by atoms with Crippen molar-refractivity contribution < 1.29 is 0 Å². The lowest BCUT2D eigenvalue weighted by Gasteiger charge is -2.12. The Hall–Kier alpha value is -1.56. The van der Waals surface area contributed by atoms with Gasteiger partial charge in [0.25, 0.3) is 0 Å². The molecular weight excluding hydrogens is 264 g/mol. The molecular formula is C22H36. The highest BCUT2D eigenvalue weighted by atomic mass is 14.2. The van der Waals surface area contributed by atoms with Gasteiger partial charge in [0.2, 0.25) is 0 Å². The molecule has 0 bridgehead atoms. The molecule has 0 fully saturated rings. The van der Waals surface area contributed by atoms with Crippen molar-refractivity contribution in [2.24, 2.45) is 5.41 Å². The van der Waals surface area contributed by atoms with Crippen LogP contribution in [0.25, 0.3) is 0 Å². The zero-order valence-corrected chi connectivity index (χ0v) is 15.9. The fourth-order valence-electron chi connectivity index (χ4n) is 1.74. The molecule has 0 spiro atoms. The molecule has 0 nitrogen and oxygen atoms in total. The predicted octanol–water partition coefficient (Wildman–Crippen LogP) is 7.59. The molecule has 0 heteroatoms. The van der Waals surface area contributed by atoms with E-state index in [1.807, 2.05) is 38.2 Å². The van der Waals surface area contributed by atoms with Crippen LogP contribution < -0.4 is 0 Å². The molecule has 0 aromatic rings. The van der Waals surface area contributed by atoms with E-state index in [-0.39, 0.29) is 0 Å². The molecule has 0 aromatic carbocycles. The molecule has 1 aliphatic rings. The van der Waals surface area contributed by atoms with Crippen molar-refractivity contribution in [1.29, 1.82) is 0 Å². The van der Waals surface area contributed by atoms with Crippen LogP contribution in [0.5, 0.6) is 0 Å². The number of hydrogen-bond acceptors (Lipinski definition) is 0. The zero-order chi connectivity index (χ0) is 17.8. The van der Waals surface area contributed by atoms with E-state index in [9.17, 15) is 0 Å². The predicted molar refractivity (Wildman–Crippen MR) is 105 cm³/mol. The van der Waals surface area contributed by atoms with Crippen molar-refractivity contribution in [2.45, 2.75) is 61.3 Å². The van der Waals surface area contributed by atoms with Crippen LogP contribution in [0.4, 0.5) is 0 Å². The first-order valence-electron chi connectivity index (χ1n) is 8.31. The highest BCUT2D eigenvalue weighted by molar-refractivity contribution is 5.63. The van der Waals surface area contributed by atoms with Crippen LogP contribution in [0.3, 0.4) is 0 Å². The van der Waals surface area contributed by atoms with E-state index in [0.29, 0.717) is 5.41 Å². The number of rotatable bonds is 3. The lowest BCUT2D eigenvalue weighted by molar-refractivity contribution is 0.398. The van der Waals surface area contributed by atoms with Crippen LogP contribution in [0.15, 0.2) is 72.4 Å². The first-order valence-corrected chi connectivity index (χ1v) is 8.31. The summed E-state index contributed by atoms with van der Waals surface area (Å²) in [5.41, 5.74) is 5.54. The maximum Gasteiger partial charge on any atom is -0.00169 e. The molecule has 0 saturated heterocycles. The van der Waals surface area contributed by atoms with Gasteiger partial charge >= 0.3 is 0 Å². The van der Waals surface area contributed by atoms with Gasteiger partial charge in [-0.25, -0.2) is 0 Å². The van der Waals surface area contributed by atoms with Gasteiger partial charge in [-0.15, -0.1) is 0 Å². The molecule has 124 valence electrons. The molecule has 0 atom stereocenters. The Morgan fingerprint density at radius 3 is 1.82 bits per heavy atom. The summed E-state index contributed by atoms with van der Waals surface area (Å²) in [6.07, 6.45) is 12.0. The Bertz CT molecular complexity index is 445. The average Bonchev–Trinajstić information content (AvgIpc) is 2.86. The Morgan fingerprint density at radius 2 is 1.55 bits per heavy atom. The quantitative estimate of drug-likeness (QED) is 0.503. The minimum absolute atomic E-state index is 0.542. The molecule has 0 aliphatic heterocycles.